The van der Waals surface area contributed by atoms with Crippen LogP contribution in [0.1, 0.15) is 12.8 Å². The van der Waals surface area contributed by atoms with E-state index in [1.165, 1.54) is 11.3 Å². The summed E-state index contributed by atoms with van der Waals surface area (Å²) < 4.78 is 0.862. The molecule has 1 saturated heterocycles. The normalized spacial score (nSPS) is 16.2. The largest absolute Gasteiger partial charge is 0.369 e. The summed E-state index contributed by atoms with van der Waals surface area (Å²) in [5.74, 6) is 0.585. The Morgan fingerprint density at radius 2 is 2.24 bits per heavy atom. The molecule has 1 aliphatic heterocycles. The first-order valence-electron chi connectivity index (χ1n) is 7.09. The first-order chi connectivity index (χ1) is 10.2. The topological polar surface area (TPSA) is 71.3 Å². The van der Waals surface area contributed by atoms with E-state index in [2.05, 4.69) is 10.3 Å². The molecule has 0 saturated carbocycles. The number of rotatable bonds is 4. The van der Waals surface area contributed by atoms with Crippen LogP contribution in [0.5, 0.6) is 0 Å². The Balaban J connectivity index is 1.91. The number of nitro benzene ring substituents is 1. The molecule has 0 spiro atoms. The van der Waals surface area contributed by atoms with Crippen molar-refractivity contribution in [3.8, 4) is 0 Å². The SMILES string of the molecule is CN(CC1CCNCC1)c1ccc2scnc2c1[N+](=O)[O-]. The first-order valence-corrected chi connectivity index (χ1v) is 7.97. The molecule has 1 aromatic heterocycles. The molecule has 21 heavy (non-hydrogen) atoms. The van der Waals surface area contributed by atoms with Crippen LogP contribution in [0.2, 0.25) is 0 Å². The van der Waals surface area contributed by atoms with E-state index in [1.54, 1.807) is 5.51 Å². The minimum Gasteiger partial charge on any atom is -0.369 e. The van der Waals surface area contributed by atoms with Gasteiger partial charge in [0.15, 0.2) is 5.52 Å². The second-order valence-corrected chi connectivity index (χ2v) is 6.35. The smallest absolute Gasteiger partial charge is 0.319 e. The van der Waals surface area contributed by atoms with E-state index >= 15 is 0 Å². The molecule has 1 N–H and O–H groups in total. The summed E-state index contributed by atoms with van der Waals surface area (Å²) in [6.07, 6.45) is 2.24. The number of fused-ring (bicyclic) bond motifs is 1. The summed E-state index contributed by atoms with van der Waals surface area (Å²) in [6.45, 7) is 2.91. The number of piperidine rings is 1. The van der Waals surface area contributed by atoms with Crippen molar-refractivity contribution in [2.24, 2.45) is 5.92 Å². The molecule has 0 bridgehead atoms. The van der Waals surface area contributed by atoms with Crippen LogP contribution in [0, 0.1) is 16.0 Å². The Labute approximate surface area is 126 Å². The predicted molar refractivity (Wildman–Crippen MR) is 85.1 cm³/mol. The van der Waals surface area contributed by atoms with Gasteiger partial charge in [0.05, 0.1) is 15.1 Å². The molecule has 2 heterocycles. The van der Waals surface area contributed by atoms with E-state index in [0.717, 1.165) is 37.2 Å². The summed E-state index contributed by atoms with van der Waals surface area (Å²) in [4.78, 5) is 17.3. The summed E-state index contributed by atoms with van der Waals surface area (Å²) in [6, 6.07) is 3.77. The standard InChI is InChI=1S/C14H18N4O2S/c1-17(8-10-4-6-15-7-5-10)11-2-3-12-13(16-9-21-12)14(11)18(19)20/h2-3,9-10,15H,4-8H2,1H3. The number of benzene rings is 1. The van der Waals surface area contributed by atoms with E-state index in [9.17, 15) is 10.1 Å². The molecule has 0 radical (unpaired) electrons. The molecule has 0 atom stereocenters. The Morgan fingerprint density at radius 3 is 2.95 bits per heavy atom. The minimum atomic E-state index is -0.309. The van der Waals surface area contributed by atoms with Gasteiger partial charge < -0.3 is 10.2 Å². The molecule has 2 aromatic rings. The Kier molecular flexibility index (Phi) is 4.03. The lowest BCUT2D eigenvalue weighted by Gasteiger charge is -2.28. The third kappa shape index (κ3) is 2.84. The van der Waals surface area contributed by atoms with Gasteiger partial charge in [-0.15, -0.1) is 11.3 Å². The predicted octanol–water partition coefficient (Wildman–Crippen LogP) is 2.64. The Morgan fingerprint density at radius 1 is 1.48 bits per heavy atom. The highest BCUT2D eigenvalue weighted by Crippen LogP contribution is 2.36. The molecule has 112 valence electrons. The molecule has 3 rings (SSSR count). The van der Waals surface area contributed by atoms with Crippen molar-refractivity contribution in [3.63, 3.8) is 0 Å². The first kappa shape index (κ1) is 14.2. The summed E-state index contributed by atoms with van der Waals surface area (Å²) >= 11 is 1.43. The number of hydrogen-bond acceptors (Lipinski definition) is 6. The van der Waals surface area contributed by atoms with Crippen LogP contribution in [-0.2, 0) is 0 Å². The lowest BCUT2D eigenvalue weighted by molar-refractivity contribution is -0.382. The van der Waals surface area contributed by atoms with Crippen molar-refractivity contribution in [1.29, 1.82) is 0 Å². The van der Waals surface area contributed by atoms with Gasteiger partial charge >= 0.3 is 5.69 Å². The second-order valence-electron chi connectivity index (χ2n) is 5.46. The molecule has 6 nitrogen and oxygen atoms in total. The number of nitrogens with one attached hydrogen (secondary N) is 1. The van der Waals surface area contributed by atoms with Crippen molar-refractivity contribution in [2.45, 2.75) is 12.8 Å². The lowest BCUT2D eigenvalue weighted by atomic mass is 9.97. The molecule has 7 heteroatoms. The molecule has 0 unspecified atom stereocenters. The zero-order chi connectivity index (χ0) is 14.8. The number of aromatic nitrogens is 1. The highest BCUT2D eigenvalue weighted by Gasteiger charge is 2.24. The van der Waals surface area contributed by atoms with Gasteiger partial charge in [0.1, 0.15) is 5.69 Å². The van der Waals surface area contributed by atoms with Crippen LogP contribution in [0.25, 0.3) is 10.2 Å². The quantitative estimate of drug-likeness (QED) is 0.694. The van der Waals surface area contributed by atoms with E-state index in [4.69, 9.17) is 0 Å². The zero-order valence-electron chi connectivity index (χ0n) is 11.9. The maximum absolute atomic E-state index is 11.5. The van der Waals surface area contributed by atoms with Gasteiger partial charge in [0.25, 0.3) is 0 Å². The molecule has 0 amide bonds. The number of hydrogen-bond donors (Lipinski definition) is 1. The van der Waals surface area contributed by atoms with Gasteiger partial charge in [0.2, 0.25) is 0 Å². The van der Waals surface area contributed by atoms with Crippen LogP contribution in [0.15, 0.2) is 17.6 Å². The summed E-state index contributed by atoms with van der Waals surface area (Å²) in [5.41, 5.74) is 2.95. The van der Waals surface area contributed by atoms with E-state index in [0.29, 0.717) is 17.1 Å². The molecule has 0 aliphatic carbocycles. The Bertz CT molecular complexity index is 651. The van der Waals surface area contributed by atoms with Crippen LogP contribution >= 0.6 is 11.3 Å². The maximum Gasteiger partial charge on any atom is 0.319 e. The molecular formula is C14H18N4O2S. The monoisotopic (exact) mass is 306 g/mol. The zero-order valence-corrected chi connectivity index (χ0v) is 12.7. The van der Waals surface area contributed by atoms with E-state index in [-0.39, 0.29) is 10.6 Å². The van der Waals surface area contributed by atoms with Gasteiger partial charge in [-0.05, 0) is 44.0 Å². The van der Waals surface area contributed by atoms with Crippen LogP contribution in [-0.4, -0.2) is 36.6 Å². The van der Waals surface area contributed by atoms with Crippen LogP contribution in [0.3, 0.4) is 0 Å². The summed E-state index contributed by atoms with van der Waals surface area (Å²) in [5, 5.41) is 14.8. The van der Waals surface area contributed by atoms with Gasteiger partial charge in [-0.1, -0.05) is 0 Å². The van der Waals surface area contributed by atoms with Gasteiger partial charge in [-0.2, -0.15) is 0 Å². The van der Waals surface area contributed by atoms with E-state index < -0.39 is 0 Å². The average Bonchev–Trinajstić information content (AvgIpc) is 2.95. The molecule has 1 aromatic carbocycles. The van der Waals surface area contributed by atoms with Crippen LogP contribution < -0.4 is 10.2 Å². The molecule has 1 fully saturated rings. The number of nitrogens with zero attached hydrogens (tertiary/aromatic N) is 3. The fraction of sp³-hybridized carbons (Fsp3) is 0.500. The van der Waals surface area contributed by atoms with Crippen molar-refractivity contribution in [1.82, 2.24) is 10.3 Å². The van der Waals surface area contributed by atoms with Crippen molar-refractivity contribution < 1.29 is 4.92 Å². The molecule has 1 aliphatic rings. The Hall–Kier alpha value is -1.73. The third-order valence-corrected chi connectivity index (χ3v) is 4.83. The average molecular weight is 306 g/mol. The second kappa shape index (κ2) is 5.95. The third-order valence-electron chi connectivity index (χ3n) is 4.04. The number of nitro groups is 1. The van der Waals surface area contributed by atoms with Gasteiger partial charge in [-0.3, -0.25) is 10.1 Å². The lowest BCUT2D eigenvalue weighted by Crippen LogP contribution is -2.34. The fourth-order valence-electron chi connectivity index (χ4n) is 2.94. The van der Waals surface area contributed by atoms with Crippen molar-refractivity contribution >= 4 is 32.9 Å². The summed E-state index contributed by atoms with van der Waals surface area (Å²) in [7, 11) is 1.93. The van der Waals surface area contributed by atoms with E-state index in [1.807, 2.05) is 24.1 Å². The highest BCUT2D eigenvalue weighted by molar-refractivity contribution is 7.16. The minimum absolute atomic E-state index is 0.130. The number of anilines is 1. The van der Waals surface area contributed by atoms with Gasteiger partial charge in [-0.25, -0.2) is 4.98 Å². The number of thiazole rings is 1. The van der Waals surface area contributed by atoms with Gasteiger partial charge in [0, 0.05) is 13.6 Å². The fourth-order valence-corrected chi connectivity index (χ4v) is 3.62. The maximum atomic E-state index is 11.5. The van der Waals surface area contributed by atoms with Crippen LogP contribution in [0.4, 0.5) is 11.4 Å². The highest BCUT2D eigenvalue weighted by atomic mass is 32.1. The van der Waals surface area contributed by atoms with Crippen molar-refractivity contribution in [2.75, 3.05) is 31.6 Å². The van der Waals surface area contributed by atoms with Crippen molar-refractivity contribution in [3.05, 3.63) is 27.8 Å². The molecular weight excluding hydrogens is 288 g/mol.